The zero-order chi connectivity index (χ0) is 17.3. The van der Waals surface area contributed by atoms with Crippen molar-refractivity contribution < 1.29 is 23.1 Å². The summed E-state index contributed by atoms with van der Waals surface area (Å²) in [6, 6.07) is -0.542. The van der Waals surface area contributed by atoms with Gasteiger partial charge in [0, 0.05) is 38.4 Å². The van der Waals surface area contributed by atoms with Gasteiger partial charge in [0.15, 0.2) is 0 Å². The number of hydrogen-bond acceptors (Lipinski definition) is 3. The van der Waals surface area contributed by atoms with Crippen molar-refractivity contribution in [3.63, 3.8) is 0 Å². The fraction of sp³-hybridized carbons (Fsp3) is 0.714. The fourth-order valence-corrected chi connectivity index (χ4v) is 2.47. The average molecular weight is 334 g/mol. The summed E-state index contributed by atoms with van der Waals surface area (Å²) in [5.41, 5.74) is -3.11. The fourth-order valence-electron chi connectivity index (χ4n) is 2.47. The van der Waals surface area contributed by atoms with Crippen LogP contribution in [0.1, 0.15) is 32.0 Å². The van der Waals surface area contributed by atoms with Gasteiger partial charge < -0.3 is 20.3 Å². The van der Waals surface area contributed by atoms with Crippen LogP contribution in [0.15, 0.2) is 12.4 Å². The molecule has 1 fully saturated rings. The van der Waals surface area contributed by atoms with Crippen molar-refractivity contribution in [2.75, 3.05) is 6.54 Å². The van der Waals surface area contributed by atoms with Crippen molar-refractivity contribution in [1.82, 2.24) is 20.2 Å². The Bertz CT molecular complexity index is 556. The quantitative estimate of drug-likeness (QED) is 0.740. The van der Waals surface area contributed by atoms with Gasteiger partial charge in [-0.3, -0.25) is 0 Å². The highest BCUT2D eigenvalue weighted by atomic mass is 19.4. The van der Waals surface area contributed by atoms with E-state index in [0.29, 0.717) is 5.92 Å². The molecule has 1 aromatic rings. The van der Waals surface area contributed by atoms with E-state index >= 15 is 0 Å². The third kappa shape index (κ3) is 3.95. The van der Waals surface area contributed by atoms with Crippen LogP contribution in [0.25, 0.3) is 0 Å². The maximum absolute atomic E-state index is 13.3. The summed E-state index contributed by atoms with van der Waals surface area (Å²) in [4.78, 5) is 15.3. The Kier molecular flexibility index (Phi) is 4.88. The molecule has 0 saturated heterocycles. The molecule has 130 valence electrons. The molecule has 9 heteroatoms. The van der Waals surface area contributed by atoms with E-state index in [1.807, 2.05) is 6.92 Å². The Morgan fingerprint density at radius 3 is 2.65 bits per heavy atom. The first-order valence-electron chi connectivity index (χ1n) is 7.46. The lowest BCUT2D eigenvalue weighted by Crippen LogP contribution is -2.48. The molecule has 1 aliphatic rings. The summed E-state index contributed by atoms with van der Waals surface area (Å²) in [7, 11) is 1.37. The zero-order valence-electron chi connectivity index (χ0n) is 13.0. The van der Waals surface area contributed by atoms with Crippen LogP contribution in [-0.2, 0) is 12.6 Å². The Morgan fingerprint density at radius 2 is 2.17 bits per heavy atom. The van der Waals surface area contributed by atoms with Gasteiger partial charge in [0.25, 0.3) is 0 Å². The lowest BCUT2D eigenvalue weighted by Gasteiger charge is -2.30. The highest BCUT2D eigenvalue weighted by Crippen LogP contribution is 2.40. The summed E-state index contributed by atoms with van der Waals surface area (Å²) in [6.45, 7) is 1.53. The molecular weight excluding hydrogens is 313 g/mol. The molecule has 2 unspecified atom stereocenters. The smallest absolute Gasteiger partial charge is 0.374 e. The van der Waals surface area contributed by atoms with Gasteiger partial charge in [-0.25, -0.2) is 9.78 Å². The number of hydrogen-bond donors (Lipinski definition) is 3. The second kappa shape index (κ2) is 6.38. The largest absolute Gasteiger partial charge is 0.424 e. The number of aryl methyl sites for hydroxylation is 1. The summed E-state index contributed by atoms with van der Waals surface area (Å²) in [5.74, 6) is -0.0565. The molecule has 0 bridgehead atoms. The molecule has 3 N–H and O–H groups in total. The van der Waals surface area contributed by atoms with E-state index < -0.39 is 30.1 Å². The summed E-state index contributed by atoms with van der Waals surface area (Å²) < 4.78 is 40.9. The van der Waals surface area contributed by atoms with Gasteiger partial charge in [0.2, 0.25) is 5.60 Å². The lowest BCUT2D eigenvalue weighted by atomic mass is 9.97. The van der Waals surface area contributed by atoms with Gasteiger partial charge in [0.05, 0.1) is 0 Å². The number of urea groups is 1. The monoisotopic (exact) mass is 334 g/mol. The van der Waals surface area contributed by atoms with Crippen LogP contribution in [-0.4, -0.2) is 39.5 Å². The highest BCUT2D eigenvalue weighted by Gasteiger charge is 2.57. The molecule has 6 nitrogen and oxygen atoms in total. The number of amides is 2. The van der Waals surface area contributed by atoms with E-state index in [1.165, 1.54) is 19.4 Å². The molecule has 1 aromatic heterocycles. The number of rotatable bonds is 6. The van der Waals surface area contributed by atoms with E-state index in [9.17, 15) is 23.1 Å². The van der Waals surface area contributed by atoms with Crippen molar-refractivity contribution in [2.24, 2.45) is 13.0 Å². The Morgan fingerprint density at radius 1 is 1.52 bits per heavy atom. The van der Waals surface area contributed by atoms with Crippen molar-refractivity contribution in [3.8, 4) is 0 Å². The molecule has 23 heavy (non-hydrogen) atoms. The second-order valence-corrected chi connectivity index (χ2v) is 6.00. The molecule has 2 rings (SSSR count). The topological polar surface area (TPSA) is 79.2 Å². The normalized spacial score (nSPS) is 19.0. The number of aliphatic hydroxyl groups is 1. The number of halogens is 3. The number of carbonyl (C=O) groups is 1. The number of alkyl halides is 3. The third-order valence-electron chi connectivity index (χ3n) is 4.12. The van der Waals surface area contributed by atoms with E-state index in [4.69, 9.17) is 0 Å². The van der Waals surface area contributed by atoms with Gasteiger partial charge in [-0.15, -0.1) is 0 Å². The van der Waals surface area contributed by atoms with E-state index in [-0.39, 0.29) is 12.6 Å². The Balaban J connectivity index is 1.94. The van der Waals surface area contributed by atoms with Gasteiger partial charge in [-0.05, 0) is 25.7 Å². The number of imidazole rings is 1. The third-order valence-corrected chi connectivity index (χ3v) is 4.12. The SMILES string of the molecule is CC(NC(=O)NCCC(O)(c1nccn1C)C(F)(F)F)C1CC1. The Labute approximate surface area is 132 Å². The lowest BCUT2D eigenvalue weighted by molar-refractivity contribution is -0.272. The van der Waals surface area contributed by atoms with Gasteiger partial charge in [-0.1, -0.05) is 0 Å². The van der Waals surface area contributed by atoms with Crippen LogP contribution in [0, 0.1) is 5.92 Å². The van der Waals surface area contributed by atoms with Crippen LogP contribution in [0.5, 0.6) is 0 Å². The van der Waals surface area contributed by atoms with Gasteiger partial charge >= 0.3 is 12.2 Å². The summed E-state index contributed by atoms with van der Waals surface area (Å²) in [5, 5.41) is 15.1. The summed E-state index contributed by atoms with van der Waals surface area (Å²) >= 11 is 0. The first-order chi connectivity index (χ1) is 10.6. The van der Waals surface area contributed by atoms with Crippen LogP contribution in [0.4, 0.5) is 18.0 Å². The van der Waals surface area contributed by atoms with Crippen LogP contribution in [0.3, 0.4) is 0 Å². The highest BCUT2D eigenvalue weighted by molar-refractivity contribution is 5.74. The first kappa shape index (κ1) is 17.6. The van der Waals surface area contributed by atoms with Crippen molar-refractivity contribution in [3.05, 3.63) is 18.2 Å². The average Bonchev–Trinajstić information content (AvgIpc) is 3.19. The maximum atomic E-state index is 13.3. The predicted molar refractivity (Wildman–Crippen MR) is 76.5 cm³/mol. The van der Waals surface area contributed by atoms with Crippen LogP contribution < -0.4 is 10.6 Å². The molecule has 2 amide bonds. The molecule has 1 heterocycles. The minimum Gasteiger partial charge on any atom is -0.374 e. The number of aromatic nitrogens is 2. The molecule has 2 atom stereocenters. The molecule has 0 radical (unpaired) electrons. The standard InChI is InChI=1S/C14H21F3N4O2/c1-9(10-3-4-10)20-12(22)19-6-5-13(23,14(15,16)17)11-18-7-8-21(11)2/h7-10,23H,3-6H2,1-2H3,(H2,19,20,22). The second-order valence-electron chi connectivity index (χ2n) is 6.00. The minimum atomic E-state index is -4.90. The molecule has 1 aliphatic carbocycles. The van der Waals surface area contributed by atoms with Crippen molar-refractivity contribution in [1.29, 1.82) is 0 Å². The Hall–Kier alpha value is -1.77. The minimum absolute atomic E-state index is 0.00830. The molecule has 0 aliphatic heterocycles. The maximum Gasteiger partial charge on any atom is 0.424 e. The van der Waals surface area contributed by atoms with E-state index in [1.54, 1.807) is 0 Å². The number of carbonyl (C=O) groups excluding carboxylic acids is 1. The van der Waals surface area contributed by atoms with E-state index in [2.05, 4.69) is 15.6 Å². The molecular formula is C14H21F3N4O2. The van der Waals surface area contributed by atoms with Gasteiger partial charge in [-0.2, -0.15) is 13.2 Å². The first-order valence-corrected chi connectivity index (χ1v) is 7.46. The number of nitrogens with zero attached hydrogens (tertiary/aromatic N) is 2. The predicted octanol–water partition coefficient (Wildman–Crippen LogP) is 1.66. The van der Waals surface area contributed by atoms with Crippen molar-refractivity contribution in [2.45, 2.75) is 44.0 Å². The summed E-state index contributed by atoms with van der Waals surface area (Å²) in [6.07, 6.45) is -1.01. The molecule has 0 spiro atoms. The van der Waals surface area contributed by atoms with E-state index in [0.717, 1.165) is 17.4 Å². The van der Waals surface area contributed by atoms with Gasteiger partial charge in [0.1, 0.15) is 5.82 Å². The van der Waals surface area contributed by atoms with Crippen molar-refractivity contribution >= 4 is 6.03 Å². The molecule has 1 saturated carbocycles. The zero-order valence-corrected chi connectivity index (χ0v) is 13.0. The number of nitrogens with one attached hydrogen (secondary N) is 2. The van der Waals surface area contributed by atoms with Crippen LogP contribution >= 0.6 is 0 Å². The van der Waals surface area contributed by atoms with Crippen LogP contribution in [0.2, 0.25) is 0 Å². The molecule has 0 aromatic carbocycles.